The molecule has 0 N–H and O–H groups in total. The van der Waals surface area contributed by atoms with Gasteiger partial charge in [-0.05, 0) is 143 Å². The van der Waals surface area contributed by atoms with Gasteiger partial charge in [0.1, 0.15) is 0 Å². The van der Waals surface area contributed by atoms with E-state index >= 15 is 4.79 Å². The van der Waals surface area contributed by atoms with Crippen molar-refractivity contribution < 1.29 is 30.0 Å². The largest absolute Gasteiger partial charge is 0.531 e. The molecule has 0 spiro atoms. The zero-order chi connectivity index (χ0) is 41.6. The summed E-state index contributed by atoms with van der Waals surface area (Å²) in [6.07, 6.45) is 7.33. The van der Waals surface area contributed by atoms with Gasteiger partial charge in [0.15, 0.2) is 19.7 Å². The Balaban J connectivity index is 1.26. The van der Waals surface area contributed by atoms with Gasteiger partial charge >= 0.3 is 6.16 Å². The molecule has 6 aromatic rings. The maximum atomic E-state index is 15.2. The van der Waals surface area contributed by atoms with Crippen LogP contribution in [0.5, 0.6) is 0 Å². The van der Waals surface area contributed by atoms with E-state index in [9.17, 15) is 16.8 Å². The zero-order valence-corrected chi connectivity index (χ0v) is 36.6. The number of hydrogen-bond acceptors (Lipinski definition) is 7. The van der Waals surface area contributed by atoms with Crippen LogP contribution in [-0.4, -0.2) is 33.5 Å². The molecule has 6 aromatic carbocycles. The van der Waals surface area contributed by atoms with Gasteiger partial charge in [0.05, 0.1) is 20.3 Å². The van der Waals surface area contributed by atoms with Gasteiger partial charge in [-0.2, -0.15) is 0 Å². The van der Waals surface area contributed by atoms with Crippen molar-refractivity contribution in [2.24, 2.45) is 0 Å². The summed E-state index contributed by atoms with van der Waals surface area (Å²) in [5, 5.41) is -0.839. The normalized spacial score (nSPS) is 16.4. The minimum atomic E-state index is -3.57. The Labute approximate surface area is 358 Å². The van der Waals surface area contributed by atoms with Gasteiger partial charge in [-0.25, -0.2) is 21.6 Å². The molecule has 0 amide bonds. The Kier molecular flexibility index (Phi) is 12.6. The maximum Gasteiger partial charge on any atom is 0.531 e. The standard InChI is InChI=1S/C49H50O7S4/c50-49(55-57(39-19-7-1-8-20-39,40-21-9-2-10-22-40)43-31-35-47(36-32-43)59(51,52)45-27-15-5-16-28-45)56-58(41-23-11-3-12-24-41,42-25-13-4-14-26-42)44-33-37-48(38-34-44)60(53,54)46-29-17-6-18-30-46/h1-4,7-14,19-26,31-38,45-46H,5-6,15-18,27-30H2. The van der Waals surface area contributed by atoms with Crippen molar-refractivity contribution in [2.45, 2.75) is 114 Å². The van der Waals surface area contributed by atoms with E-state index in [0.717, 1.165) is 38.5 Å². The molecule has 7 nitrogen and oxygen atoms in total. The molecule has 0 bridgehead atoms. The average Bonchev–Trinajstić information content (AvgIpc) is 3.32. The monoisotopic (exact) mass is 878 g/mol. The molecule has 0 aliphatic heterocycles. The highest BCUT2D eigenvalue weighted by molar-refractivity contribution is 8.31. The molecule has 2 aliphatic carbocycles. The highest BCUT2D eigenvalue weighted by atomic mass is 32.3. The van der Waals surface area contributed by atoms with Crippen LogP contribution < -0.4 is 0 Å². The summed E-state index contributed by atoms with van der Waals surface area (Å²) in [7, 11) is -13.0. The molecule has 8 rings (SSSR count). The molecular weight excluding hydrogens is 829 g/mol. The van der Waals surface area contributed by atoms with Gasteiger partial charge in [0.25, 0.3) is 0 Å². The van der Waals surface area contributed by atoms with Crippen LogP contribution in [0, 0.1) is 0 Å². The van der Waals surface area contributed by atoms with Crippen molar-refractivity contribution in [1.29, 1.82) is 0 Å². The van der Waals surface area contributed by atoms with Gasteiger partial charge < -0.3 is 8.37 Å². The van der Waals surface area contributed by atoms with Crippen LogP contribution in [-0.2, 0) is 28.0 Å². The second kappa shape index (κ2) is 18.0. The van der Waals surface area contributed by atoms with Crippen LogP contribution in [0.4, 0.5) is 4.79 Å². The molecule has 0 heterocycles. The van der Waals surface area contributed by atoms with Crippen LogP contribution in [0.3, 0.4) is 0 Å². The molecule has 2 aliphatic rings. The van der Waals surface area contributed by atoms with Crippen molar-refractivity contribution in [3.8, 4) is 0 Å². The quantitative estimate of drug-likeness (QED) is 0.121. The predicted octanol–water partition coefficient (Wildman–Crippen LogP) is 13.1. The average molecular weight is 879 g/mol. The fourth-order valence-corrected chi connectivity index (χ4v) is 18.2. The van der Waals surface area contributed by atoms with E-state index in [4.69, 9.17) is 8.37 Å². The maximum absolute atomic E-state index is 15.2. The smallest absolute Gasteiger partial charge is 0.369 e. The number of benzene rings is 6. The molecule has 2 saturated carbocycles. The van der Waals surface area contributed by atoms with Gasteiger partial charge in [-0.15, -0.1) is 0 Å². The van der Waals surface area contributed by atoms with Gasteiger partial charge in [-0.1, -0.05) is 111 Å². The number of sulfone groups is 2. The zero-order valence-electron chi connectivity index (χ0n) is 33.4. The molecule has 11 heteroatoms. The molecule has 0 atom stereocenters. The van der Waals surface area contributed by atoms with Crippen LogP contribution in [0.15, 0.2) is 209 Å². The first-order chi connectivity index (χ1) is 29.2. The third-order valence-electron chi connectivity index (χ3n) is 11.6. The third-order valence-corrected chi connectivity index (χ3v) is 22.6. The molecule has 0 radical (unpaired) electrons. The first-order valence-corrected chi connectivity index (χ1v) is 26.8. The van der Waals surface area contributed by atoms with Gasteiger partial charge in [0, 0.05) is 29.4 Å². The molecule has 0 aromatic heterocycles. The number of hydrogen-bond donors (Lipinski definition) is 0. The second-order valence-corrected chi connectivity index (χ2v) is 25.2. The first-order valence-electron chi connectivity index (χ1n) is 20.6. The summed E-state index contributed by atoms with van der Waals surface area (Å²) in [5.41, 5.74) is 0. The minimum Gasteiger partial charge on any atom is -0.369 e. The fraction of sp³-hybridized carbons (Fsp3) is 0.245. The fourth-order valence-electron chi connectivity index (χ4n) is 8.55. The molecule has 60 heavy (non-hydrogen) atoms. The van der Waals surface area contributed by atoms with Crippen LogP contribution in [0.1, 0.15) is 64.2 Å². The second-order valence-electron chi connectivity index (χ2n) is 15.3. The van der Waals surface area contributed by atoms with Crippen molar-refractivity contribution in [2.75, 3.05) is 0 Å². The highest BCUT2D eigenvalue weighted by Gasteiger charge is 2.42. The summed E-state index contributed by atoms with van der Waals surface area (Å²) >= 11 is 0. The van der Waals surface area contributed by atoms with Gasteiger partial charge in [0.2, 0.25) is 0 Å². The summed E-state index contributed by atoms with van der Waals surface area (Å²) in [6.45, 7) is 0. The Hall–Kier alpha value is -4.81. The van der Waals surface area contributed by atoms with E-state index in [1.165, 1.54) is 0 Å². The molecule has 312 valence electrons. The topological polar surface area (TPSA) is 104 Å². The van der Waals surface area contributed by atoms with Crippen molar-refractivity contribution in [1.82, 2.24) is 0 Å². The minimum absolute atomic E-state index is 0.251. The lowest BCUT2D eigenvalue weighted by Gasteiger charge is -2.43. The molecule has 0 saturated heterocycles. The van der Waals surface area contributed by atoms with E-state index in [0.29, 0.717) is 55.1 Å². The summed E-state index contributed by atoms with van der Waals surface area (Å²) in [4.78, 5) is 19.8. The first kappa shape index (κ1) is 41.9. The predicted molar refractivity (Wildman–Crippen MR) is 239 cm³/mol. The van der Waals surface area contributed by atoms with Crippen LogP contribution in [0.2, 0.25) is 0 Å². The van der Waals surface area contributed by atoms with E-state index < -0.39 is 56.9 Å². The Morgan fingerprint density at radius 3 is 0.833 bits per heavy atom. The Morgan fingerprint density at radius 1 is 0.333 bits per heavy atom. The summed E-state index contributed by atoms with van der Waals surface area (Å²) in [6, 6.07) is 51.8. The van der Waals surface area contributed by atoms with Crippen LogP contribution >= 0.6 is 20.6 Å². The summed E-state index contributed by atoms with van der Waals surface area (Å²) < 4.78 is 69.2. The van der Waals surface area contributed by atoms with Crippen LogP contribution in [0.25, 0.3) is 0 Å². The lowest BCUT2D eigenvalue weighted by Crippen LogP contribution is -2.24. The van der Waals surface area contributed by atoms with E-state index in [2.05, 4.69) is 0 Å². The Bertz CT molecular complexity index is 2310. The molecule has 2 fully saturated rings. The van der Waals surface area contributed by atoms with Crippen molar-refractivity contribution in [3.63, 3.8) is 0 Å². The van der Waals surface area contributed by atoms with E-state index in [-0.39, 0.29) is 9.79 Å². The summed E-state index contributed by atoms with van der Waals surface area (Å²) in [5.74, 6) is 0. The molecular formula is C49H50O7S4. The van der Waals surface area contributed by atoms with Crippen molar-refractivity contribution in [3.05, 3.63) is 170 Å². The van der Waals surface area contributed by atoms with Crippen molar-refractivity contribution >= 4 is 46.4 Å². The molecule has 0 unspecified atom stereocenters. The SMILES string of the molecule is O=C(OS(c1ccccc1)(c1ccccc1)c1ccc(S(=O)(=O)C2CCCCC2)cc1)OS(c1ccccc1)(c1ccccc1)c1ccc(S(=O)(=O)C2CCCCC2)cc1. The Morgan fingerprint density at radius 2 is 0.567 bits per heavy atom. The number of carbonyl (C=O) groups excluding carboxylic acids is 1. The lowest BCUT2D eigenvalue weighted by molar-refractivity contribution is 0.163. The van der Waals surface area contributed by atoms with E-state index in [1.807, 2.05) is 121 Å². The van der Waals surface area contributed by atoms with E-state index in [1.54, 1.807) is 48.5 Å². The number of rotatable bonds is 12. The third kappa shape index (κ3) is 8.17. The highest BCUT2D eigenvalue weighted by Crippen LogP contribution is 2.73. The lowest BCUT2D eigenvalue weighted by atomic mass is 10.0. The number of carbonyl (C=O) groups is 1. The van der Waals surface area contributed by atoms with Gasteiger partial charge in [-0.3, -0.25) is 0 Å².